The van der Waals surface area contributed by atoms with E-state index >= 15 is 0 Å². The Morgan fingerprint density at radius 2 is 1.28 bits per heavy atom. The first-order valence-electron chi connectivity index (χ1n) is 25.1. The highest BCUT2D eigenvalue weighted by atomic mass is 33.1. The molecule has 4 amide bonds. The van der Waals surface area contributed by atoms with Crippen molar-refractivity contribution in [3.8, 4) is 23.0 Å². The Balaban J connectivity index is 1.31. The normalized spacial score (nSPS) is 16.5. The molecule has 5 rings (SSSR count). The largest absolute Gasteiger partial charge is 0.493 e. The van der Waals surface area contributed by atoms with Gasteiger partial charge in [0.15, 0.2) is 44.7 Å². The number of amides is 4. The van der Waals surface area contributed by atoms with Crippen LogP contribution in [0.1, 0.15) is 101 Å². The van der Waals surface area contributed by atoms with Crippen LogP contribution in [-0.4, -0.2) is 143 Å². The number of aromatic nitrogens is 1. The molecule has 0 aliphatic carbocycles. The second-order valence-electron chi connectivity index (χ2n) is 21.6. The number of benzene rings is 2. The molecule has 20 nitrogen and oxygen atoms in total. The van der Waals surface area contributed by atoms with Crippen LogP contribution in [0.15, 0.2) is 47.6 Å². The van der Waals surface area contributed by atoms with E-state index in [0.717, 1.165) is 36.5 Å². The number of nitro groups is 1. The van der Waals surface area contributed by atoms with E-state index in [9.17, 15) is 34.4 Å². The monoisotopic (exact) mass is 1120 g/mol. The number of hydrogen-bond acceptors (Lipinski definition) is 16. The fourth-order valence-electron chi connectivity index (χ4n) is 7.75. The lowest BCUT2D eigenvalue weighted by Crippen LogP contribution is -2.46. The van der Waals surface area contributed by atoms with Crippen molar-refractivity contribution >= 4 is 79.3 Å². The molecular formula is C51H76N6O14S2Si2. The van der Waals surface area contributed by atoms with Crippen LogP contribution in [0.3, 0.4) is 0 Å². The number of ether oxygens (including phenoxy) is 5. The van der Waals surface area contributed by atoms with Crippen molar-refractivity contribution in [3.63, 3.8) is 0 Å². The average Bonchev–Trinajstić information content (AvgIpc) is 4.03. The summed E-state index contributed by atoms with van der Waals surface area (Å²) in [6.45, 7) is 25.3. The molecule has 3 aromatic rings. The molecule has 414 valence electrons. The third kappa shape index (κ3) is 16.1. The highest BCUT2D eigenvalue weighted by Gasteiger charge is 2.41. The number of hydrogen-bond donors (Lipinski definition) is 3. The van der Waals surface area contributed by atoms with Gasteiger partial charge in [0.2, 0.25) is 0 Å². The van der Waals surface area contributed by atoms with E-state index in [1.165, 1.54) is 67.6 Å². The fourth-order valence-corrected chi connectivity index (χ4v) is 11.9. The summed E-state index contributed by atoms with van der Waals surface area (Å²) in [5, 5.41) is 26.3. The van der Waals surface area contributed by atoms with Crippen LogP contribution in [0.2, 0.25) is 36.3 Å². The highest BCUT2D eigenvalue weighted by molar-refractivity contribution is 8.77. The first-order valence-corrected chi connectivity index (χ1v) is 33.2. The van der Waals surface area contributed by atoms with Crippen molar-refractivity contribution in [2.75, 3.05) is 71.0 Å². The second kappa shape index (κ2) is 26.2. The van der Waals surface area contributed by atoms with Gasteiger partial charge < -0.3 is 47.4 Å². The van der Waals surface area contributed by atoms with Gasteiger partial charge in [-0.3, -0.25) is 30.3 Å². The molecule has 2 fully saturated rings. The second-order valence-corrected chi connectivity index (χ2v) is 33.9. The number of anilines is 2. The van der Waals surface area contributed by atoms with Crippen LogP contribution in [0.5, 0.6) is 23.0 Å². The van der Waals surface area contributed by atoms with Crippen molar-refractivity contribution in [2.45, 2.75) is 139 Å². The van der Waals surface area contributed by atoms with Gasteiger partial charge in [0.05, 0.1) is 80.2 Å². The number of rotatable bonds is 24. The molecule has 0 radical (unpaired) electrons. The quantitative estimate of drug-likeness (QED) is 0.0248. The summed E-state index contributed by atoms with van der Waals surface area (Å²) in [6.07, 6.45) is 2.63. The van der Waals surface area contributed by atoms with E-state index < -0.39 is 33.7 Å². The van der Waals surface area contributed by atoms with E-state index in [0.29, 0.717) is 32.7 Å². The zero-order valence-corrected chi connectivity index (χ0v) is 49.3. The number of pyridine rings is 1. The van der Waals surface area contributed by atoms with Gasteiger partial charge in [-0.05, 0) is 97.9 Å². The van der Waals surface area contributed by atoms with Gasteiger partial charge in [0.1, 0.15) is 6.61 Å². The molecule has 24 heteroatoms. The van der Waals surface area contributed by atoms with E-state index in [4.69, 9.17) is 32.5 Å². The summed E-state index contributed by atoms with van der Waals surface area (Å²) in [5.41, 5.74) is 0.298. The summed E-state index contributed by atoms with van der Waals surface area (Å²) >= 11 is 0. The number of carboxylic acid groups (broad SMARTS) is 1. The van der Waals surface area contributed by atoms with Gasteiger partial charge in [-0.2, -0.15) is 0 Å². The zero-order chi connectivity index (χ0) is 55.5. The maximum Gasteiger partial charge on any atom is 0.411 e. The van der Waals surface area contributed by atoms with Crippen LogP contribution in [0, 0.1) is 10.1 Å². The Bertz CT molecular complexity index is 2510. The lowest BCUT2D eigenvalue weighted by molar-refractivity contribution is -0.388. The van der Waals surface area contributed by atoms with Crippen LogP contribution in [-0.2, 0) is 13.6 Å². The molecule has 2 aromatic carbocycles. The van der Waals surface area contributed by atoms with Gasteiger partial charge in [0, 0.05) is 49.2 Å². The van der Waals surface area contributed by atoms with Gasteiger partial charge in [0.25, 0.3) is 11.8 Å². The third-order valence-electron chi connectivity index (χ3n) is 14.2. The first-order chi connectivity index (χ1) is 35.2. The minimum atomic E-state index is -2.14. The molecule has 3 unspecified atom stereocenters. The molecule has 1 aromatic heterocycles. The Morgan fingerprint density at radius 1 is 0.800 bits per heavy atom. The molecule has 2 aliphatic heterocycles. The number of methoxy groups -OCH3 is 2. The van der Waals surface area contributed by atoms with Crippen LogP contribution >= 0.6 is 21.6 Å². The van der Waals surface area contributed by atoms with E-state index in [1.54, 1.807) is 16.7 Å². The summed E-state index contributed by atoms with van der Waals surface area (Å²) in [4.78, 5) is 72.9. The number of nitrogens with one attached hydrogen (secondary N) is 2. The Kier molecular flexibility index (Phi) is 21.1. The summed E-state index contributed by atoms with van der Waals surface area (Å²) in [7, 11) is 0.992. The van der Waals surface area contributed by atoms with Gasteiger partial charge in [-0.1, -0.05) is 52.3 Å². The maximum atomic E-state index is 14.6. The first kappa shape index (κ1) is 60.6. The molecule has 0 bridgehead atoms. The lowest BCUT2D eigenvalue weighted by atomic mass is 10.1. The fraction of sp³-hybridized carbons (Fsp3) is 0.588. The number of carbonyl (C=O) groups is 4. The topological polar surface area (TPSA) is 240 Å². The lowest BCUT2D eigenvalue weighted by Gasteiger charge is -2.38. The Labute approximate surface area is 450 Å². The SMILES string of the molecule is COc1cc(C(=O)N2CCCC2CO[Si](C)(C)C(C)(C)C)c(NC(=O)O)cc1OCCCOc1cc(NC(=O)OCC(C)SSc2ncccc2[N+](=O)[O-])c(C(=O)N2CCCC2CO[Si](C)(C)C(C)(C)C)cc1OC. The molecule has 2 saturated heterocycles. The van der Waals surface area contributed by atoms with Gasteiger partial charge in [-0.15, -0.1) is 0 Å². The molecule has 3 atom stereocenters. The molecule has 0 saturated carbocycles. The van der Waals surface area contributed by atoms with Crippen LogP contribution < -0.4 is 29.6 Å². The molecule has 2 aliphatic rings. The van der Waals surface area contributed by atoms with E-state index in [-0.39, 0.29) is 115 Å². The standard InChI is InChI=1S/C51H76N6O14S2Si2/c1-33(72-73-45-40(57(63)64)20-14-21-52-45)30-69-49(62)54-39-29-44(42(66-9)27-37(39)47(59)56-23-16-19-35(56)32-71-75(12,13)51(5,6)7)68-25-17-24-67-43-28-38(53-48(60)61)36(26-41(43)65-8)46(58)55-22-15-18-34(55)31-70-74(10,11)50(2,3)4/h14,20-21,26-29,33-35,53H,15-19,22-25,30-32H2,1-13H3,(H,54,62)(H,60,61). The van der Waals surface area contributed by atoms with Crippen molar-refractivity contribution in [1.82, 2.24) is 14.8 Å². The van der Waals surface area contributed by atoms with Crippen LogP contribution in [0.4, 0.5) is 26.7 Å². The highest BCUT2D eigenvalue weighted by Crippen LogP contribution is 2.42. The minimum absolute atomic E-state index is 0.00780. The average molecular weight is 1120 g/mol. The Hall–Kier alpha value is -5.28. The van der Waals surface area contributed by atoms with Crippen molar-refractivity contribution in [2.24, 2.45) is 0 Å². The number of carbonyl (C=O) groups excluding carboxylic acids is 3. The predicted octanol–water partition coefficient (Wildman–Crippen LogP) is 11.6. The van der Waals surface area contributed by atoms with Crippen molar-refractivity contribution in [1.29, 1.82) is 0 Å². The summed E-state index contributed by atoms with van der Waals surface area (Å²) in [6, 6.07) is 8.44. The molecular weight excluding hydrogens is 1040 g/mol. The molecule has 0 spiro atoms. The zero-order valence-electron chi connectivity index (χ0n) is 45.6. The number of likely N-dealkylation sites (tertiary alicyclic amines) is 2. The molecule has 3 N–H and O–H groups in total. The summed E-state index contributed by atoms with van der Waals surface area (Å²) < 4.78 is 42.4. The molecule has 75 heavy (non-hydrogen) atoms. The Morgan fingerprint density at radius 3 is 1.72 bits per heavy atom. The van der Waals surface area contributed by atoms with Crippen molar-refractivity contribution in [3.05, 3.63) is 63.8 Å². The molecule has 3 heterocycles. The van der Waals surface area contributed by atoms with Gasteiger partial charge in [-0.25, -0.2) is 14.6 Å². The van der Waals surface area contributed by atoms with E-state index in [1.807, 2.05) is 0 Å². The third-order valence-corrected chi connectivity index (χ3v) is 26.0. The summed E-state index contributed by atoms with van der Waals surface area (Å²) in [5.74, 6) is 0.179. The van der Waals surface area contributed by atoms with Crippen LogP contribution in [0.25, 0.3) is 0 Å². The number of nitrogens with zero attached hydrogens (tertiary/aromatic N) is 4. The van der Waals surface area contributed by atoms with Gasteiger partial charge >= 0.3 is 17.9 Å². The smallest absolute Gasteiger partial charge is 0.411 e. The van der Waals surface area contributed by atoms with Crippen molar-refractivity contribution < 1.29 is 61.7 Å². The van der Waals surface area contributed by atoms with E-state index in [2.05, 4.69) is 83.3 Å². The maximum absolute atomic E-state index is 14.6. The minimum Gasteiger partial charge on any atom is -0.493 e. The predicted molar refractivity (Wildman–Crippen MR) is 296 cm³/mol.